The Morgan fingerprint density at radius 3 is 2.70 bits per heavy atom. The summed E-state index contributed by atoms with van der Waals surface area (Å²) < 4.78 is 14.6. The number of likely N-dealkylation sites (N-methyl/N-ethyl adjacent to an activating group) is 1. The molecule has 124 valence electrons. The van der Waals surface area contributed by atoms with Crippen LogP contribution >= 0.6 is 0 Å². The molecule has 0 radical (unpaired) electrons. The first-order chi connectivity index (χ1) is 10.9. The average molecular weight is 320 g/mol. The van der Waals surface area contributed by atoms with Gasteiger partial charge in [-0.15, -0.1) is 0 Å². The molecular weight excluding hydrogens is 299 g/mol. The van der Waals surface area contributed by atoms with Crippen molar-refractivity contribution < 1.29 is 14.3 Å². The monoisotopic (exact) mass is 320 g/mol. The number of aliphatic hydroxyl groups is 1. The molecule has 7 heteroatoms. The van der Waals surface area contributed by atoms with Crippen LogP contribution in [0.15, 0.2) is 30.3 Å². The zero-order chi connectivity index (χ0) is 17.0. The lowest BCUT2D eigenvalue weighted by Crippen LogP contribution is -2.38. The Morgan fingerprint density at radius 2 is 2.09 bits per heavy atom. The molecule has 0 fully saturated rings. The second-order valence-electron chi connectivity index (χ2n) is 5.55. The number of hydrogen-bond donors (Lipinski definition) is 2. The maximum Gasteiger partial charge on any atom is 0.239 e. The molecule has 0 aliphatic carbocycles. The number of carbonyl (C=O) groups is 1. The van der Waals surface area contributed by atoms with Gasteiger partial charge in [0.15, 0.2) is 0 Å². The van der Waals surface area contributed by atoms with Crippen molar-refractivity contribution in [2.45, 2.75) is 19.9 Å². The predicted octanol–water partition coefficient (Wildman–Crippen LogP) is 1.57. The van der Waals surface area contributed by atoms with Gasteiger partial charge in [0.2, 0.25) is 5.91 Å². The standard InChI is InChI=1S/C16H21FN4O2/c1-11-8-15(18-16(23)9-20(3)12(2)10-22)21(19-11)14-6-4-13(17)5-7-14/h4-8,12,22H,9-10H2,1-3H3,(H,18,23). The van der Waals surface area contributed by atoms with Gasteiger partial charge < -0.3 is 10.4 Å². The molecule has 1 amide bonds. The van der Waals surface area contributed by atoms with E-state index in [1.807, 2.05) is 13.8 Å². The van der Waals surface area contributed by atoms with E-state index in [0.29, 0.717) is 11.5 Å². The van der Waals surface area contributed by atoms with Gasteiger partial charge in [-0.2, -0.15) is 5.10 Å². The lowest BCUT2D eigenvalue weighted by Gasteiger charge is -2.22. The maximum absolute atomic E-state index is 13.0. The molecular formula is C16H21FN4O2. The molecule has 2 aromatic rings. The van der Waals surface area contributed by atoms with Crippen LogP contribution in [0.1, 0.15) is 12.6 Å². The van der Waals surface area contributed by atoms with Gasteiger partial charge in [0.25, 0.3) is 0 Å². The predicted molar refractivity (Wildman–Crippen MR) is 86.1 cm³/mol. The van der Waals surface area contributed by atoms with Crippen molar-refractivity contribution >= 4 is 11.7 Å². The van der Waals surface area contributed by atoms with Crippen LogP contribution in [-0.4, -0.2) is 51.9 Å². The van der Waals surface area contributed by atoms with Crippen molar-refractivity contribution in [3.63, 3.8) is 0 Å². The number of rotatable bonds is 6. The number of amides is 1. The highest BCUT2D eigenvalue weighted by Gasteiger charge is 2.15. The molecule has 2 rings (SSSR count). The molecule has 1 unspecified atom stereocenters. The zero-order valence-electron chi connectivity index (χ0n) is 13.5. The Labute approximate surface area is 134 Å². The number of nitrogens with one attached hydrogen (secondary N) is 1. The van der Waals surface area contributed by atoms with Crippen LogP contribution in [0.3, 0.4) is 0 Å². The molecule has 0 saturated heterocycles. The highest BCUT2D eigenvalue weighted by atomic mass is 19.1. The molecule has 0 aliphatic rings. The van der Waals surface area contributed by atoms with Gasteiger partial charge in [0.05, 0.1) is 24.5 Å². The maximum atomic E-state index is 13.0. The molecule has 1 aromatic carbocycles. The van der Waals surface area contributed by atoms with E-state index < -0.39 is 0 Å². The summed E-state index contributed by atoms with van der Waals surface area (Å²) in [5.41, 5.74) is 1.40. The summed E-state index contributed by atoms with van der Waals surface area (Å²) in [7, 11) is 1.77. The number of carbonyl (C=O) groups excluding carboxylic acids is 1. The fourth-order valence-corrected chi connectivity index (χ4v) is 2.07. The third-order valence-corrected chi connectivity index (χ3v) is 3.58. The highest BCUT2D eigenvalue weighted by molar-refractivity contribution is 5.91. The van der Waals surface area contributed by atoms with Crippen LogP contribution in [0.25, 0.3) is 5.69 Å². The van der Waals surface area contributed by atoms with E-state index in [4.69, 9.17) is 5.11 Å². The summed E-state index contributed by atoms with van der Waals surface area (Å²) in [5, 5.41) is 16.2. The molecule has 2 N–H and O–H groups in total. The number of aromatic nitrogens is 2. The van der Waals surface area contributed by atoms with E-state index in [9.17, 15) is 9.18 Å². The second kappa shape index (κ2) is 7.34. The topological polar surface area (TPSA) is 70.4 Å². The minimum atomic E-state index is -0.331. The van der Waals surface area contributed by atoms with E-state index in [1.165, 1.54) is 12.1 Å². The normalized spacial score (nSPS) is 12.4. The summed E-state index contributed by atoms with van der Waals surface area (Å²) >= 11 is 0. The third-order valence-electron chi connectivity index (χ3n) is 3.58. The van der Waals surface area contributed by atoms with Crippen molar-refractivity contribution in [1.82, 2.24) is 14.7 Å². The molecule has 0 saturated carbocycles. The van der Waals surface area contributed by atoms with Gasteiger partial charge in [-0.3, -0.25) is 9.69 Å². The van der Waals surface area contributed by atoms with Crippen molar-refractivity contribution in [2.24, 2.45) is 0 Å². The lowest BCUT2D eigenvalue weighted by atomic mass is 10.3. The minimum Gasteiger partial charge on any atom is -0.395 e. The summed E-state index contributed by atoms with van der Waals surface area (Å²) in [6.45, 7) is 3.78. The second-order valence-corrected chi connectivity index (χ2v) is 5.55. The summed E-state index contributed by atoms with van der Waals surface area (Å²) in [6.07, 6.45) is 0. The summed E-state index contributed by atoms with van der Waals surface area (Å²) in [4.78, 5) is 13.9. The first-order valence-electron chi connectivity index (χ1n) is 7.34. The van der Waals surface area contributed by atoms with E-state index in [2.05, 4.69) is 10.4 Å². The van der Waals surface area contributed by atoms with Crippen molar-refractivity contribution in [3.05, 3.63) is 41.8 Å². The zero-order valence-corrected chi connectivity index (χ0v) is 13.5. The van der Waals surface area contributed by atoms with Crippen molar-refractivity contribution in [2.75, 3.05) is 25.5 Å². The first kappa shape index (κ1) is 17.1. The molecule has 0 bridgehead atoms. The SMILES string of the molecule is Cc1cc(NC(=O)CN(C)C(C)CO)n(-c2ccc(F)cc2)n1. The van der Waals surface area contributed by atoms with Crippen LogP contribution in [0.5, 0.6) is 0 Å². The van der Waals surface area contributed by atoms with E-state index in [0.717, 1.165) is 5.69 Å². The van der Waals surface area contributed by atoms with Gasteiger partial charge >= 0.3 is 0 Å². The summed E-state index contributed by atoms with van der Waals surface area (Å²) in [6, 6.07) is 7.51. The number of aryl methyl sites for hydroxylation is 1. The highest BCUT2D eigenvalue weighted by Crippen LogP contribution is 2.17. The quantitative estimate of drug-likeness (QED) is 0.848. The molecule has 0 aliphatic heterocycles. The molecule has 6 nitrogen and oxygen atoms in total. The van der Waals surface area contributed by atoms with Crippen molar-refractivity contribution in [1.29, 1.82) is 0 Å². The molecule has 0 spiro atoms. The van der Waals surface area contributed by atoms with Crippen LogP contribution in [0.2, 0.25) is 0 Å². The average Bonchev–Trinajstić information content (AvgIpc) is 2.87. The number of hydrogen-bond acceptors (Lipinski definition) is 4. The molecule has 23 heavy (non-hydrogen) atoms. The van der Waals surface area contributed by atoms with Gasteiger partial charge in [0.1, 0.15) is 11.6 Å². The van der Waals surface area contributed by atoms with E-state index in [-0.39, 0.29) is 30.9 Å². The smallest absolute Gasteiger partial charge is 0.239 e. The van der Waals surface area contributed by atoms with Gasteiger partial charge in [-0.25, -0.2) is 9.07 Å². The number of benzene rings is 1. The lowest BCUT2D eigenvalue weighted by molar-refractivity contribution is -0.117. The van der Waals surface area contributed by atoms with Gasteiger partial charge in [0, 0.05) is 12.1 Å². The molecule has 1 atom stereocenters. The fourth-order valence-electron chi connectivity index (χ4n) is 2.07. The third kappa shape index (κ3) is 4.37. The Bertz CT molecular complexity index is 669. The van der Waals surface area contributed by atoms with Crippen molar-refractivity contribution in [3.8, 4) is 5.69 Å². The first-order valence-corrected chi connectivity index (χ1v) is 7.34. The number of anilines is 1. The van der Waals surface area contributed by atoms with E-state index in [1.54, 1.807) is 34.8 Å². The fraction of sp³-hybridized carbons (Fsp3) is 0.375. The van der Waals surface area contributed by atoms with Gasteiger partial charge in [-0.05, 0) is 45.2 Å². The van der Waals surface area contributed by atoms with Crippen LogP contribution < -0.4 is 5.32 Å². The van der Waals surface area contributed by atoms with Crippen LogP contribution in [-0.2, 0) is 4.79 Å². The largest absolute Gasteiger partial charge is 0.395 e. The Hall–Kier alpha value is -2.25. The molecule has 1 aromatic heterocycles. The van der Waals surface area contributed by atoms with E-state index >= 15 is 0 Å². The van der Waals surface area contributed by atoms with Crippen LogP contribution in [0, 0.1) is 12.7 Å². The van der Waals surface area contributed by atoms with Crippen LogP contribution in [0.4, 0.5) is 10.2 Å². The minimum absolute atomic E-state index is 0.0175. The molecule has 1 heterocycles. The number of halogens is 1. The Kier molecular flexibility index (Phi) is 5.46. The Morgan fingerprint density at radius 1 is 1.43 bits per heavy atom. The number of aliphatic hydroxyl groups excluding tert-OH is 1. The van der Waals surface area contributed by atoms with Gasteiger partial charge in [-0.1, -0.05) is 0 Å². The summed E-state index contributed by atoms with van der Waals surface area (Å²) in [5.74, 6) is -0.0250. The number of nitrogens with zero attached hydrogens (tertiary/aromatic N) is 3. The Balaban J connectivity index is 2.14.